The van der Waals surface area contributed by atoms with Crippen LogP contribution in [0, 0.1) is 11.7 Å². The fourth-order valence-electron chi connectivity index (χ4n) is 2.85. The summed E-state index contributed by atoms with van der Waals surface area (Å²) in [6, 6.07) is 2.89. The topological polar surface area (TPSA) is 29.1 Å². The van der Waals surface area contributed by atoms with Crippen molar-refractivity contribution in [3.05, 3.63) is 28.0 Å². The van der Waals surface area contributed by atoms with E-state index in [4.69, 9.17) is 0 Å². The van der Waals surface area contributed by atoms with E-state index in [2.05, 4.69) is 35.1 Å². The Morgan fingerprint density at radius 3 is 2.79 bits per heavy atom. The van der Waals surface area contributed by atoms with Crippen molar-refractivity contribution >= 4 is 27.5 Å². The number of hydrogen-bond donors (Lipinski definition) is 1. The first-order chi connectivity index (χ1) is 9.08. The van der Waals surface area contributed by atoms with Crippen molar-refractivity contribution < 1.29 is 9.18 Å². The third kappa shape index (κ3) is 2.83. The second-order valence-electron chi connectivity index (χ2n) is 5.13. The maximum atomic E-state index is 13.6. The van der Waals surface area contributed by atoms with E-state index in [-0.39, 0.29) is 23.6 Å². The molecule has 1 aliphatic heterocycles. The van der Waals surface area contributed by atoms with E-state index in [9.17, 15) is 9.18 Å². The minimum absolute atomic E-state index is 0.00394. The minimum Gasteiger partial charge on any atom is -0.324 e. The first kappa shape index (κ1) is 14.5. The fourth-order valence-corrected chi connectivity index (χ4v) is 3.40. The van der Waals surface area contributed by atoms with Crippen LogP contribution < -0.4 is 5.32 Å². The molecule has 0 fully saturated rings. The van der Waals surface area contributed by atoms with Gasteiger partial charge in [0.1, 0.15) is 5.82 Å². The Kier molecular flexibility index (Phi) is 4.61. The first-order valence-corrected chi connectivity index (χ1v) is 7.67. The average molecular weight is 328 g/mol. The van der Waals surface area contributed by atoms with Crippen molar-refractivity contribution in [2.45, 2.75) is 45.4 Å². The lowest BCUT2D eigenvalue weighted by Crippen LogP contribution is -2.20. The number of carbonyl (C=O) groups excluding carboxylic acids is 1. The maximum Gasteiger partial charge on any atom is 0.232 e. The average Bonchev–Trinajstić information content (AvgIpc) is 2.68. The van der Waals surface area contributed by atoms with Gasteiger partial charge in [-0.2, -0.15) is 0 Å². The number of halogens is 2. The number of hydrogen-bond acceptors (Lipinski definition) is 1. The summed E-state index contributed by atoms with van der Waals surface area (Å²) in [6.45, 7) is 4.24. The highest BCUT2D eigenvalue weighted by Crippen LogP contribution is 2.44. The van der Waals surface area contributed by atoms with Crippen LogP contribution in [0.25, 0.3) is 0 Å². The second kappa shape index (κ2) is 6.04. The number of nitrogens with one attached hydrogen (secondary N) is 1. The number of unbranched alkanes of at least 4 members (excludes halogenated alkanes) is 1. The molecule has 2 atom stereocenters. The molecule has 19 heavy (non-hydrogen) atoms. The van der Waals surface area contributed by atoms with Crippen molar-refractivity contribution in [2.75, 3.05) is 5.32 Å². The van der Waals surface area contributed by atoms with Crippen LogP contribution in [0.1, 0.15) is 51.0 Å². The van der Waals surface area contributed by atoms with Crippen LogP contribution in [0.2, 0.25) is 0 Å². The molecule has 1 aliphatic rings. The SMILES string of the molecule is CCCCC(CC)C1C(=O)Nc2c(Br)cc(F)cc21. The number of amides is 1. The fraction of sp³-hybridized carbons (Fsp3) is 0.533. The van der Waals surface area contributed by atoms with Gasteiger partial charge in [0.05, 0.1) is 11.6 Å². The van der Waals surface area contributed by atoms with Gasteiger partial charge in [-0.3, -0.25) is 4.79 Å². The van der Waals surface area contributed by atoms with Gasteiger partial charge in [-0.15, -0.1) is 0 Å². The lowest BCUT2D eigenvalue weighted by molar-refractivity contribution is -0.118. The molecule has 1 N–H and O–H groups in total. The lowest BCUT2D eigenvalue weighted by atomic mass is 9.82. The van der Waals surface area contributed by atoms with E-state index >= 15 is 0 Å². The highest BCUT2D eigenvalue weighted by Gasteiger charge is 2.37. The summed E-state index contributed by atoms with van der Waals surface area (Å²) >= 11 is 3.32. The van der Waals surface area contributed by atoms with Crippen molar-refractivity contribution in [2.24, 2.45) is 5.92 Å². The molecule has 1 aromatic rings. The van der Waals surface area contributed by atoms with E-state index in [0.717, 1.165) is 36.9 Å². The van der Waals surface area contributed by atoms with Gasteiger partial charge in [0.15, 0.2) is 0 Å². The van der Waals surface area contributed by atoms with Crippen LogP contribution in [0.4, 0.5) is 10.1 Å². The number of carbonyl (C=O) groups is 1. The minimum atomic E-state index is -0.294. The number of fused-ring (bicyclic) bond motifs is 1. The van der Waals surface area contributed by atoms with Gasteiger partial charge in [-0.1, -0.05) is 33.1 Å². The Morgan fingerprint density at radius 1 is 1.42 bits per heavy atom. The Labute approximate surface area is 121 Å². The van der Waals surface area contributed by atoms with Gasteiger partial charge >= 0.3 is 0 Å². The first-order valence-electron chi connectivity index (χ1n) is 6.88. The molecule has 0 saturated carbocycles. The van der Waals surface area contributed by atoms with Gasteiger partial charge in [-0.25, -0.2) is 4.39 Å². The Balaban J connectivity index is 2.35. The molecular weight excluding hydrogens is 309 g/mol. The van der Waals surface area contributed by atoms with Gasteiger partial charge in [0.2, 0.25) is 5.91 Å². The summed E-state index contributed by atoms with van der Waals surface area (Å²) in [7, 11) is 0. The maximum absolute atomic E-state index is 13.6. The highest BCUT2D eigenvalue weighted by molar-refractivity contribution is 9.10. The molecule has 0 spiro atoms. The van der Waals surface area contributed by atoms with Crippen LogP contribution in [0.5, 0.6) is 0 Å². The van der Waals surface area contributed by atoms with E-state index in [0.29, 0.717) is 4.47 Å². The van der Waals surface area contributed by atoms with Crippen molar-refractivity contribution in [3.8, 4) is 0 Å². The summed E-state index contributed by atoms with van der Waals surface area (Å²) in [4.78, 5) is 12.2. The Morgan fingerprint density at radius 2 is 2.16 bits per heavy atom. The third-order valence-corrected chi connectivity index (χ3v) is 4.50. The molecule has 1 heterocycles. The molecular formula is C15H19BrFNO. The molecule has 1 aromatic carbocycles. The molecule has 1 amide bonds. The quantitative estimate of drug-likeness (QED) is 0.823. The zero-order chi connectivity index (χ0) is 14.0. The molecule has 0 radical (unpaired) electrons. The van der Waals surface area contributed by atoms with Crippen LogP contribution in [-0.2, 0) is 4.79 Å². The van der Waals surface area contributed by atoms with Gasteiger partial charge in [0, 0.05) is 4.47 Å². The molecule has 0 saturated heterocycles. The van der Waals surface area contributed by atoms with Gasteiger partial charge in [-0.05, 0) is 46.0 Å². The third-order valence-electron chi connectivity index (χ3n) is 3.88. The Hall–Kier alpha value is -0.900. The highest BCUT2D eigenvalue weighted by atomic mass is 79.9. The van der Waals surface area contributed by atoms with Crippen molar-refractivity contribution in [1.29, 1.82) is 0 Å². The molecule has 0 bridgehead atoms. The van der Waals surface area contributed by atoms with Gasteiger partial charge < -0.3 is 5.32 Å². The molecule has 2 unspecified atom stereocenters. The van der Waals surface area contributed by atoms with Crippen molar-refractivity contribution in [1.82, 2.24) is 0 Å². The standard InChI is InChI=1S/C15H19BrFNO/c1-3-5-6-9(4-2)13-11-7-10(17)8-12(16)14(11)18-15(13)19/h7-9,13H,3-6H2,1-2H3,(H,18,19). The lowest BCUT2D eigenvalue weighted by Gasteiger charge is -2.20. The van der Waals surface area contributed by atoms with E-state index in [1.807, 2.05) is 0 Å². The predicted octanol–water partition coefficient (Wildman–Crippen LogP) is 4.84. The van der Waals surface area contributed by atoms with Crippen LogP contribution in [0.3, 0.4) is 0 Å². The molecule has 2 nitrogen and oxygen atoms in total. The smallest absolute Gasteiger partial charge is 0.232 e. The molecule has 2 rings (SSSR count). The zero-order valence-electron chi connectivity index (χ0n) is 11.3. The molecule has 0 aromatic heterocycles. The zero-order valence-corrected chi connectivity index (χ0v) is 12.9. The predicted molar refractivity (Wildman–Crippen MR) is 78.8 cm³/mol. The van der Waals surface area contributed by atoms with Crippen molar-refractivity contribution in [3.63, 3.8) is 0 Å². The second-order valence-corrected chi connectivity index (χ2v) is 5.98. The van der Waals surface area contributed by atoms with E-state index < -0.39 is 0 Å². The number of anilines is 1. The summed E-state index contributed by atoms with van der Waals surface area (Å²) in [6.07, 6.45) is 4.17. The van der Waals surface area contributed by atoms with E-state index in [1.165, 1.54) is 12.1 Å². The molecule has 4 heteroatoms. The number of benzene rings is 1. The summed E-state index contributed by atoms with van der Waals surface area (Å²) in [5, 5.41) is 2.88. The summed E-state index contributed by atoms with van der Waals surface area (Å²) in [5.74, 6) is -0.213. The molecule has 0 aliphatic carbocycles. The largest absolute Gasteiger partial charge is 0.324 e. The number of rotatable bonds is 5. The van der Waals surface area contributed by atoms with E-state index in [1.54, 1.807) is 0 Å². The van der Waals surface area contributed by atoms with Crippen LogP contribution in [0.15, 0.2) is 16.6 Å². The van der Waals surface area contributed by atoms with Crippen LogP contribution in [-0.4, -0.2) is 5.91 Å². The van der Waals surface area contributed by atoms with Gasteiger partial charge in [0.25, 0.3) is 0 Å². The van der Waals surface area contributed by atoms with Crippen LogP contribution >= 0.6 is 15.9 Å². The summed E-state index contributed by atoms with van der Waals surface area (Å²) < 4.78 is 14.2. The summed E-state index contributed by atoms with van der Waals surface area (Å²) in [5.41, 5.74) is 1.55. The Bertz CT molecular complexity index is 489. The molecule has 104 valence electrons. The normalized spacial score (nSPS) is 19.2. The monoisotopic (exact) mass is 327 g/mol.